The first kappa shape index (κ1) is 11.0. The van der Waals surface area contributed by atoms with E-state index in [9.17, 15) is 5.11 Å². The van der Waals surface area contributed by atoms with Crippen molar-refractivity contribution in [2.24, 2.45) is 23.2 Å². The van der Waals surface area contributed by atoms with Crippen molar-refractivity contribution in [3.8, 4) is 0 Å². The van der Waals surface area contributed by atoms with Crippen LogP contribution < -0.4 is 0 Å². The highest BCUT2D eigenvalue weighted by molar-refractivity contribution is 5.21. The number of hydrogen-bond acceptors (Lipinski definition) is 1. The van der Waals surface area contributed by atoms with Crippen LogP contribution in [0.15, 0.2) is 30.3 Å². The molecule has 96 valence electrons. The summed E-state index contributed by atoms with van der Waals surface area (Å²) < 4.78 is 0. The highest BCUT2D eigenvalue weighted by Crippen LogP contribution is 2.63. The Morgan fingerprint density at radius 2 is 1.39 bits per heavy atom. The summed E-state index contributed by atoms with van der Waals surface area (Å²) in [6.07, 6.45) is 7.92. The van der Waals surface area contributed by atoms with Gasteiger partial charge in [-0.05, 0) is 61.8 Å². The highest BCUT2D eigenvalue weighted by atomic mass is 16.3. The summed E-state index contributed by atoms with van der Waals surface area (Å²) in [6, 6.07) is 10.3. The van der Waals surface area contributed by atoms with Crippen molar-refractivity contribution in [2.45, 2.75) is 44.6 Å². The van der Waals surface area contributed by atoms with E-state index >= 15 is 0 Å². The molecule has 0 spiro atoms. The molecule has 0 heterocycles. The average molecular weight is 242 g/mol. The van der Waals surface area contributed by atoms with Gasteiger partial charge in [-0.15, -0.1) is 0 Å². The second kappa shape index (κ2) is 3.84. The molecule has 0 aliphatic heterocycles. The number of benzene rings is 1. The van der Waals surface area contributed by atoms with Gasteiger partial charge in [0, 0.05) is 5.41 Å². The first-order valence-electron chi connectivity index (χ1n) is 7.48. The van der Waals surface area contributed by atoms with Crippen LogP contribution in [-0.4, -0.2) is 5.11 Å². The van der Waals surface area contributed by atoms with Crippen molar-refractivity contribution in [1.82, 2.24) is 0 Å². The fourth-order valence-corrected chi connectivity index (χ4v) is 5.50. The third-order valence-electron chi connectivity index (χ3n) is 5.78. The van der Waals surface area contributed by atoms with E-state index in [1.54, 1.807) is 0 Å². The Morgan fingerprint density at radius 1 is 0.889 bits per heavy atom. The van der Waals surface area contributed by atoms with Crippen molar-refractivity contribution in [3.63, 3.8) is 0 Å². The third kappa shape index (κ3) is 1.56. The zero-order valence-electron chi connectivity index (χ0n) is 10.9. The molecule has 0 amide bonds. The van der Waals surface area contributed by atoms with E-state index in [-0.39, 0.29) is 11.5 Å². The van der Waals surface area contributed by atoms with Gasteiger partial charge in [-0.2, -0.15) is 0 Å². The van der Waals surface area contributed by atoms with E-state index < -0.39 is 0 Å². The van der Waals surface area contributed by atoms with Gasteiger partial charge < -0.3 is 5.11 Å². The van der Waals surface area contributed by atoms with Gasteiger partial charge in [0.2, 0.25) is 0 Å². The predicted octanol–water partition coefficient (Wildman–Crippen LogP) is 3.94. The number of aliphatic hydroxyl groups is 1. The van der Waals surface area contributed by atoms with Crippen LogP contribution >= 0.6 is 0 Å². The lowest BCUT2D eigenvalue weighted by Gasteiger charge is -2.58. The fraction of sp³-hybridized carbons (Fsp3) is 0.647. The Bertz CT molecular complexity index is 401. The summed E-state index contributed by atoms with van der Waals surface area (Å²) in [6.45, 7) is 0. The van der Waals surface area contributed by atoms with E-state index in [4.69, 9.17) is 0 Å². The maximum absolute atomic E-state index is 10.9. The molecule has 1 heteroatoms. The predicted molar refractivity (Wildman–Crippen MR) is 72.0 cm³/mol. The van der Waals surface area contributed by atoms with E-state index in [0.29, 0.717) is 0 Å². The van der Waals surface area contributed by atoms with Gasteiger partial charge in [0.25, 0.3) is 0 Å². The topological polar surface area (TPSA) is 20.2 Å². The molecule has 0 unspecified atom stereocenters. The summed E-state index contributed by atoms with van der Waals surface area (Å²) >= 11 is 0. The molecule has 1 nitrogen and oxygen atoms in total. The lowest BCUT2D eigenvalue weighted by molar-refractivity contribution is -0.122. The summed E-state index contributed by atoms with van der Waals surface area (Å²) in [4.78, 5) is 0. The Morgan fingerprint density at radius 3 is 1.89 bits per heavy atom. The van der Waals surface area contributed by atoms with E-state index in [2.05, 4.69) is 24.3 Å². The normalized spacial score (nSPS) is 43.1. The van der Waals surface area contributed by atoms with Crippen LogP contribution in [0, 0.1) is 23.2 Å². The monoisotopic (exact) mass is 242 g/mol. The molecule has 0 aromatic heterocycles. The molecule has 0 saturated heterocycles. The van der Waals surface area contributed by atoms with E-state index in [0.717, 1.165) is 23.3 Å². The minimum Gasteiger partial charge on any atom is -0.388 e. The standard InChI is InChI=1S/C17H22O/c18-16(15-4-2-1-3-5-15)17-9-12-6-13(10-17)8-14(7-12)11-17/h1-5,12-14,16,18H,6-11H2/t12?,13?,14?,16-,17?/m1/s1. The second-order valence-electron chi connectivity index (χ2n) is 7.09. The van der Waals surface area contributed by atoms with Crippen LogP contribution in [0.2, 0.25) is 0 Å². The van der Waals surface area contributed by atoms with Crippen LogP contribution in [0.4, 0.5) is 0 Å². The summed E-state index contributed by atoms with van der Waals surface area (Å²) in [7, 11) is 0. The molecule has 1 aromatic carbocycles. The highest BCUT2D eigenvalue weighted by Gasteiger charge is 2.54. The minimum absolute atomic E-state index is 0.218. The van der Waals surface area contributed by atoms with Crippen molar-refractivity contribution in [2.75, 3.05) is 0 Å². The second-order valence-corrected chi connectivity index (χ2v) is 7.09. The first-order chi connectivity index (χ1) is 8.75. The number of aliphatic hydroxyl groups excluding tert-OH is 1. The lowest BCUT2D eigenvalue weighted by Crippen LogP contribution is -2.48. The maximum atomic E-state index is 10.9. The van der Waals surface area contributed by atoms with E-state index in [1.807, 2.05) is 6.07 Å². The smallest absolute Gasteiger partial charge is 0.0846 e. The van der Waals surface area contributed by atoms with Crippen LogP contribution in [0.5, 0.6) is 0 Å². The molecule has 18 heavy (non-hydrogen) atoms. The molecular weight excluding hydrogens is 220 g/mol. The molecule has 4 bridgehead atoms. The Labute approximate surface area is 109 Å². The molecule has 1 aromatic rings. The third-order valence-corrected chi connectivity index (χ3v) is 5.78. The molecule has 0 radical (unpaired) electrons. The van der Waals surface area contributed by atoms with Gasteiger partial charge in [-0.1, -0.05) is 30.3 Å². The molecule has 5 rings (SSSR count). The van der Waals surface area contributed by atoms with Crippen LogP contribution in [-0.2, 0) is 0 Å². The summed E-state index contributed by atoms with van der Waals surface area (Å²) in [5.41, 5.74) is 1.36. The molecule has 1 N–H and O–H groups in total. The van der Waals surface area contributed by atoms with Gasteiger partial charge in [0.05, 0.1) is 6.10 Å². The minimum atomic E-state index is -0.230. The van der Waals surface area contributed by atoms with Crippen LogP contribution in [0.25, 0.3) is 0 Å². The Kier molecular flexibility index (Phi) is 2.35. The van der Waals surface area contributed by atoms with Gasteiger partial charge in [0.1, 0.15) is 0 Å². The van der Waals surface area contributed by atoms with Gasteiger partial charge in [0.15, 0.2) is 0 Å². The van der Waals surface area contributed by atoms with Crippen molar-refractivity contribution >= 4 is 0 Å². The van der Waals surface area contributed by atoms with Crippen LogP contribution in [0.1, 0.15) is 50.2 Å². The first-order valence-corrected chi connectivity index (χ1v) is 7.48. The summed E-state index contributed by atoms with van der Waals surface area (Å²) in [5.74, 6) is 2.74. The van der Waals surface area contributed by atoms with Crippen molar-refractivity contribution in [3.05, 3.63) is 35.9 Å². The Balaban J connectivity index is 1.67. The maximum Gasteiger partial charge on any atom is 0.0846 e. The van der Waals surface area contributed by atoms with Crippen molar-refractivity contribution in [1.29, 1.82) is 0 Å². The zero-order valence-corrected chi connectivity index (χ0v) is 10.9. The SMILES string of the molecule is O[C@H](c1ccccc1)C12CC3CC(CC(C3)C1)C2. The van der Waals surface area contributed by atoms with Gasteiger partial charge in [-0.3, -0.25) is 0 Å². The fourth-order valence-electron chi connectivity index (χ4n) is 5.50. The number of hydrogen-bond donors (Lipinski definition) is 1. The number of rotatable bonds is 2. The van der Waals surface area contributed by atoms with Crippen molar-refractivity contribution < 1.29 is 5.11 Å². The quantitative estimate of drug-likeness (QED) is 0.833. The summed E-state index contributed by atoms with van der Waals surface area (Å²) in [5, 5.41) is 10.9. The van der Waals surface area contributed by atoms with Gasteiger partial charge in [-0.25, -0.2) is 0 Å². The lowest BCUT2D eigenvalue weighted by atomic mass is 9.47. The van der Waals surface area contributed by atoms with E-state index in [1.165, 1.54) is 38.5 Å². The zero-order chi connectivity index (χ0) is 12.2. The Hall–Kier alpha value is -0.820. The molecular formula is C17H22O. The average Bonchev–Trinajstić information content (AvgIpc) is 2.37. The largest absolute Gasteiger partial charge is 0.388 e. The molecule has 4 fully saturated rings. The molecule has 4 aliphatic rings. The van der Waals surface area contributed by atoms with Gasteiger partial charge >= 0.3 is 0 Å². The molecule has 4 saturated carbocycles. The molecule has 1 atom stereocenters. The molecule has 4 aliphatic carbocycles. The van der Waals surface area contributed by atoms with Crippen LogP contribution in [0.3, 0.4) is 0 Å².